The second-order valence-electron chi connectivity index (χ2n) is 5.53. The van der Waals surface area contributed by atoms with E-state index in [-0.39, 0.29) is 18.1 Å². The standard InChI is InChI=1S/C18H18N2O3S/c1-13-10-15(19-23-13)18(22)20(11-14-6-3-2-4-7-14)12-16(21)17-8-5-9-24-17/h2-10,16,21H,11-12H2,1H3. The number of nitrogens with zero attached hydrogens (tertiary/aromatic N) is 2. The number of aryl methyl sites for hydroxylation is 1. The smallest absolute Gasteiger partial charge is 0.276 e. The third-order valence-corrected chi connectivity index (χ3v) is 4.59. The van der Waals surface area contributed by atoms with Gasteiger partial charge in [0.05, 0.1) is 6.54 Å². The lowest BCUT2D eigenvalue weighted by Gasteiger charge is -2.24. The summed E-state index contributed by atoms with van der Waals surface area (Å²) in [4.78, 5) is 15.2. The first kappa shape index (κ1) is 16.4. The first-order chi connectivity index (χ1) is 11.6. The van der Waals surface area contributed by atoms with Gasteiger partial charge in [-0.1, -0.05) is 41.6 Å². The molecule has 0 bridgehead atoms. The number of carbonyl (C=O) groups excluding carboxylic acids is 1. The Bertz CT molecular complexity index is 784. The molecule has 1 unspecified atom stereocenters. The minimum atomic E-state index is -0.731. The molecular weight excluding hydrogens is 324 g/mol. The highest BCUT2D eigenvalue weighted by Crippen LogP contribution is 2.21. The maximum Gasteiger partial charge on any atom is 0.276 e. The normalized spacial score (nSPS) is 12.1. The van der Waals surface area contributed by atoms with Crippen molar-refractivity contribution in [2.45, 2.75) is 19.6 Å². The highest BCUT2D eigenvalue weighted by molar-refractivity contribution is 7.10. The number of hydrogen-bond acceptors (Lipinski definition) is 5. The molecule has 0 radical (unpaired) electrons. The fourth-order valence-corrected chi connectivity index (χ4v) is 3.13. The predicted octanol–water partition coefficient (Wildman–Crippen LogP) is 3.42. The Balaban J connectivity index is 1.81. The third kappa shape index (κ3) is 3.90. The van der Waals surface area contributed by atoms with E-state index in [1.807, 2.05) is 47.8 Å². The van der Waals surface area contributed by atoms with Gasteiger partial charge in [-0.25, -0.2) is 0 Å². The van der Waals surface area contributed by atoms with Gasteiger partial charge in [-0.15, -0.1) is 11.3 Å². The van der Waals surface area contributed by atoms with Crippen molar-refractivity contribution in [1.82, 2.24) is 10.1 Å². The number of aliphatic hydroxyl groups is 1. The molecule has 1 aromatic carbocycles. The summed E-state index contributed by atoms with van der Waals surface area (Å²) < 4.78 is 5.01. The van der Waals surface area contributed by atoms with Crippen LogP contribution in [0.4, 0.5) is 0 Å². The van der Waals surface area contributed by atoms with E-state index in [1.165, 1.54) is 11.3 Å². The molecule has 0 saturated heterocycles. The molecule has 6 heteroatoms. The molecule has 3 aromatic rings. The molecule has 0 aliphatic rings. The first-order valence-electron chi connectivity index (χ1n) is 7.61. The zero-order valence-electron chi connectivity index (χ0n) is 13.3. The van der Waals surface area contributed by atoms with Crippen molar-refractivity contribution in [3.63, 3.8) is 0 Å². The van der Waals surface area contributed by atoms with Crippen LogP contribution in [-0.2, 0) is 6.54 Å². The van der Waals surface area contributed by atoms with E-state index < -0.39 is 6.10 Å². The van der Waals surface area contributed by atoms with Crippen LogP contribution in [0.25, 0.3) is 0 Å². The second-order valence-corrected chi connectivity index (χ2v) is 6.50. The van der Waals surface area contributed by atoms with Crippen LogP contribution >= 0.6 is 11.3 Å². The van der Waals surface area contributed by atoms with Gasteiger partial charge in [-0.3, -0.25) is 4.79 Å². The van der Waals surface area contributed by atoms with Crippen LogP contribution in [-0.4, -0.2) is 27.6 Å². The summed E-state index contributed by atoms with van der Waals surface area (Å²) in [5.41, 5.74) is 1.24. The van der Waals surface area contributed by atoms with Crippen molar-refractivity contribution >= 4 is 17.2 Å². The predicted molar refractivity (Wildman–Crippen MR) is 91.7 cm³/mol. The molecule has 1 atom stereocenters. The van der Waals surface area contributed by atoms with Gasteiger partial charge in [-0.2, -0.15) is 0 Å². The maximum absolute atomic E-state index is 12.8. The summed E-state index contributed by atoms with van der Waals surface area (Å²) >= 11 is 1.47. The highest BCUT2D eigenvalue weighted by Gasteiger charge is 2.23. The van der Waals surface area contributed by atoms with Crippen molar-refractivity contribution in [2.75, 3.05) is 6.54 Å². The number of rotatable bonds is 6. The van der Waals surface area contributed by atoms with Crippen LogP contribution in [0.5, 0.6) is 0 Å². The largest absolute Gasteiger partial charge is 0.386 e. The fraction of sp³-hybridized carbons (Fsp3) is 0.222. The van der Waals surface area contributed by atoms with E-state index in [0.717, 1.165) is 10.4 Å². The van der Waals surface area contributed by atoms with Crippen LogP contribution in [0.15, 0.2) is 58.4 Å². The van der Waals surface area contributed by atoms with E-state index in [0.29, 0.717) is 12.3 Å². The van der Waals surface area contributed by atoms with Gasteiger partial charge in [-0.05, 0) is 23.9 Å². The molecule has 0 fully saturated rings. The number of benzene rings is 1. The third-order valence-electron chi connectivity index (χ3n) is 3.62. The van der Waals surface area contributed by atoms with E-state index in [2.05, 4.69) is 5.16 Å². The molecule has 0 saturated carbocycles. The second kappa shape index (κ2) is 7.42. The van der Waals surface area contributed by atoms with E-state index in [4.69, 9.17) is 4.52 Å². The molecule has 0 aliphatic heterocycles. The van der Waals surface area contributed by atoms with Crippen LogP contribution in [0.1, 0.15) is 32.8 Å². The van der Waals surface area contributed by atoms with E-state index in [1.54, 1.807) is 17.9 Å². The lowest BCUT2D eigenvalue weighted by molar-refractivity contribution is 0.0599. The molecule has 5 nitrogen and oxygen atoms in total. The SMILES string of the molecule is Cc1cc(C(=O)N(Cc2ccccc2)CC(O)c2cccs2)no1. The van der Waals surface area contributed by atoms with Gasteiger partial charge in [0.2, 0.25) is 0 Å². The quantitative estimate of drug-likeness (QED) is 0.745. The Labute approximate surface area is 144 Å². The van der Waals surface area contributed by atoms with Crippen molar-refractivity contribution in [3.8, 4) is 0 Å². The summed E-state index contributed by atoms with van der Waals surface area (Å²) in [7, 11) is 0. The van der Waals surface area contributed by atoms with Gasteiger partial charge in [0, 0.05) is 17.5 Å². The summed E-state index contributed by atoms with van der Waals surface area (Å²) in [5.74, 6) is 0.322. The average Bonchev–Trinajstić information content (AvgIpc) is 3.26. The zero-order valence-corrected chi connectivity index (χ0v) is 14.1. The summed E-state index contributed by atoms with van der Waals surface area (Å²) in [6, 6.07) is 15.0. The van der Waals surface area contributed by atoms with Crippen molar-refractivity contribution < 1.29 is 14.4 Å². The summed E-state index contributed by atoms with van der Waals surface area (Å²) in [5, 5.41) is 16.1. The summed E-state index contributed by atoms with van der Waals surface area (Å²) in [6.45, 7) is 2.33. The Kier molecular flexibility index (Phi) is 5.08. The number of aliphatic hydroxyl groups excluding tert-OH is 1. The number of thiophene rings is 1. The van der Waals surface area contributed by atoms with E-state index >= 15 is 0 Å². The summed E-state index contributed by atoms with van der Waals surface area (Å²) in [6.07, 6.45) is -0.731. The van der Waals surface area contributed by atoms with Gasteiger partial charge in [0.25, 0.3) is 5.91 Å². The molecular formula is C18H18N2O3S. The maximum atomic E-state index is 12.8. The number of amides is 1. The van der Waals surface area contributed by atoms with Crippen molar-refractivity contribution in [3.05, 3.63) is 75.8 Å². The Morgan fingerprint density at radius 3 is 2.71 bits per heavy atom. The molecule has 1 amide bonds. The Hall–Kier alpha value is -2.44. The van der Waals surface area contributed by atoms with Crippen LogP contribution in [0, 0.1) is 6.92 Å². The highest BCUT2D eigenvalue weighted by atomic mass is 32.1. The van der Waals surface area contributed by atoms with Crippen LogP contribution in [0.2, 0.25) is 0 Å². The molecule has 0 spiro atoms. The average molecular weight is 342 g/mol. The molecule has 2 heterocycles. The molecule has 2 aromatic heterocycles. The number of aromatic nitrogens is 1. The van der Waals surface area contributed by atoms with E-state index in [9.17, 15) is 9.90 Å². The topological polar surface area (TPSA) is 66.6 Å². The molecule has 0 aliphatic carbocycles. The van der Waals surface area contributed by atoms with Crippen LogP contribution in [0.3, 0.4) is 0 Å². The Morgan fingerprint density at radius 2 is 2.08 bits per heavy atom. The lowest BCUT2D eigenvalue weighted by atomic mass is 10.2. The molecule has 3 rings (SSSR count). The minimum absolute atomic E-state index is 0.195. The van der Waals surface area contributed by atoms with Gasteiger partial charge < -0.3 is 14.5 Å². The molecule has 24 heavy (non-hydrogen) atoms. The molecule has 124 valence electrons. The van der Waals surface area contributed by atoms with Gasteiger partial charge in [0.15, 0.2) is 5.69 Å². The van der Waals surface area contributed by atoms with Crippen molar-refractivity contribution in [1.29, 1.82) is 0 Å². The lowest BCUT2D eigenvalue weighted by Crippen LogP contribution is -2.34. The zero-order chi connectivity index (χ0) is 16.9. The number of hydrogen-bond donors (Lipinski definition) is 1. The molecule has 1 N–H and O–H groups in total. The number of carbonyl (C=O) groups is 1. The van der Waals surface area contributed by atoms with Gasteiger partial charge >= 0.3 is 0 Å². The Morgan fingerprint density at radius 1 is 1.29 bits per heavy atom. The van der Waals surface area contributed by atoms with Gasteiger partial charge in [0.1, 0.15) is 11.9 Å². The van der Waals surface area contributed by atoms with Crippen molar-refractivity contribution in [2.24, 2.45) is 0 Å². The minimum Gasteiger partial charge on any atom is -0.386 e. The first-order valence-corrected chi connectivity index (χ1v) is 8.49. The monoisotopic (exact) mass is 342 g/mol. The van der Waals surface area contributed by atoms with Crippen LogP contribution < -0.4 is 0 Å². The fourth-order valence-electron chi connectivity index (χ4n) is 2.43.